The van der Waals surface area contributed by atoms with E-state index in [1.807, 2.05) is 6.92 Å². The molecule has 2 aliphatic rings. The van der Waals surface area contributed by atoms with E-state index in [-0.39, 0.29) is 17.6 Å². The summed E-state index contributed by atoms with van der Waals surface area (Å²) in [7, 11) is 0. The summed E-state index contributed by atoms with van der Waals surface area (Å²) >= 11 is 1.49. The second-order valence-electron chi connectivity index (χ2n) is 6.51. The molecule has 1 aliphatic heterocycles. The van der Waals surface area contributed by atoms with Crippen LogP contribution in [0, 0.1) is 5.41 Å². The van der Waals surface area contributed by atoms with Crippen LogP contribution in [0.1, 0.15) is 51.8 Å². The third-order valence-electron chi connectivity index (χ3n) is 5.02. The van der Waals surface area contributed by atoms with E-state index < -0.39 is 0 Å². The van der Waals surface area contributed by atoms with E-state index in [1.54, 1.807) is 0 Å². The lowest BCUT2D eigenvalue weighted by atomic mass is 9.58. The van der Waals surface area contributed by atoms with Crippen molar-refractivity contribution in [3.8, 4) is 0 Å². The fourth-order valence-electron chi connectivity index (χ4n) is 3.52. The molecule has 0 bridgehead atoms. The first kappa shape index (κ1) is 15.2. The van der Waals surface area contributed by atoms with Gasteiger partial charge in [-0.3, -0.25) is 0 Å². The maximum Gasteiger partial charge on any atom is 0.205 e. The molecule has 5 nitrogen and oxygen atoms in total. The highest BCUT2D eigenvalue weighted by Gasteiger charge is 2.56. The first-order valence-corrected chi connectivity index (χ1v) is 8.72. The molecule has 2 atom stereocenters. The van der Waals surface area contributed by atoms with Crippen LogP contribution in [0.25, 0.3) is 0 Å². The van der Waals surface area contributed by atoms with Gasteiger partial charge in [0.1, 0.15) is 5.82 Å². The van der Waals surface area contributed by atoms with Crippen molar-refractivity contribution in [2.24, 2.45) is 5.41 Å². The van der Waals surface area contributed by atoms with Crippen LogP contribution in [0.5, 0.6) is 0 Å². The van der Waals surface area contributed by atoms with Gasteiger partial charge in [-0.15, -0.1) is 0 Å². The topological polar surface area (TPSA) is 58.5 Å². The first-order chi connectivity index (χ1) is 10.1. The zero-order valence-corrected chi connectivity index (χ0v) is 13.9. The Morgan fingerprint density at radius 3 is 2.67 bits per heavy atom. The highest BCUT2D eigenvalue weighted by atomic mass is 32.1. The first-order valence-electron chi connectivity index (χ1n) is 7.95. The normalized spacial score (nSPS) is 28.1. The van der Waals surface area contributed by atoms with Crippen molar-refractivity contribution in [1.29, 1.82) is 0 Å². The Labute approximate surface area is 130 Å². The summed E-state index contributed by atoms with van der Waals surface area (Å²) < 4.78 is 10.2. The molecular formula is C15H25N3O2S. The van der Waals surface area contributed by atoms with E-state index in [4.69, 9.17) is 4.74 Å². The van der Waals surface area contributed by atoms with Gasteiger partial charge in [0.2, 0.25) is 5.13 Å². The van der Waals surface area contributed by atoms with E-state index in [2.05, 4.69) is 28.1 Å². The van der Waals surface area contributed by atoms with Gasteiger partial charge >= 0.3 is 0 Å². The molecule has 21 heavy (non-hydrogen) atoms. The van der Waals surface area contributed by atoms with Gasteiger partial charge in [-0.25, -0.2) is 4.98 Å². The lowest BCUT2D eigenvalue weighted by molar-refractivity contribution is -0.199. The molecule has 118 valence electrons. The largest absolute Gasteiger partial charge is 0.392 e. The molecule has 1 aromatic rings. The third-order valence-corrected chi connectivity index (χ3v) is 5.81. The Morgan fingerprint density at radius 1 is 1.43 bits per heavy atom. The van der Waals surface area contributed by atoms with Crippen molar-refractivity contribution in [1.82, 2.24) is 9.36 Å². The Morgan fingerprint density at radius 2 is 2.14 bits per heavy atom. The molecule has 1 aromatic heterocycles. The molecule has 1 spiro atoms. The number of rotatable bonds is 4. The van der Waals surface area contributed by atoms with Gasteiger partial charge < -0.3 is 14.7 Å². The van der Waals surface area contributed by atoms with Crippen molar-refractivity contribution in [2.45, 2.75) is 58.2 Å². The van der Waals surface area contributed by atoms with Crippen LogP contribution in [0.15, 0.2) is 0 Å². The van der Waals surface area contributed by atoms with E-state index in [1.165, 1.54) is 11.5 Å². The van der Waals surface area contributed by atoms with Crippen molar-refractivity contribution in [2.75, 3.05) is 24.6 Å². The smallest absolute Gasteiger partial charge is 0.205 e. The maximum atomic E-state index is 10.2. The summed E-state index contributed by atoms with van der Waals surface area (Å²) in [5.41, 5.74) is -0.0158. The molecule has 0 radical (unpaired) electrons. The van der Waals surface area contributed by atoms with Crippen molar-refractivity contribution >= 4 is 16.7 Å². The highest BCUT2D eigenvalue weighted by molar-refractivity contribution is 7.09. The summed E-state index contributed by atoms with van der Waals surface area (Å²) in [4.78, 5) is 6.95. The number of nitrogens with zero attached hydrogens (tertiary/aromatic N) is 3. The number of ether oxygens (including phenoxy) is 1. The molecule has 3 rings (SSSR count). The van der Waals surface area contributed by atoms with Crippen LogP contribution in [0.2, 0.25) is 0 Å². The zero-order valence-electron chi connectivity index (χ0n) is 13.1. The number of anilines is 1. The van der Waals surface area contributed by atoms with Crippen LogP contribution < -0.4 is 4.90 Å². The van der Waals surface area contributed by atoms with Gasteiger partial charge in [-0.1, -0.05) is 13.8 Å². The second kappa shape index (κ2) is 5.82. The lowest BCUT2D eigenvalue weighted by Crippen LogP contribution is -2.62. The molecule has 2 fully saturated rings. The van der Waals surface area contributed by atoms with E-state index in [9.17, 15) is 5.11 Å². The minimum absolute atomic E-state index is 0.0158. The van der Waals surface area contributed by atoms with E-state index >= 15 is 0 Å². The summed E-state index contributed by atoms with van der Waals surface area (Å²) in [6.07, 6.45) is 2.80. The number of hydrogen-bond acceptors (Lipinski definition) is 6. The Hall–Kier alpha value is -0.720. The fourth-order valence-corrected chi connectivity index (χ4v) is 4.38. The summed E-state index contributed by atoms with van der Waals surface area (Å²) in [5, 5.41) is 11.3. The van der Waals surface area contributed by atoms with Gasteiger partial charge in [0.15, 0.2) is 0 Å². The minimum Gasteiger partial charge on any atom is -0.392 e. The predicted octanol–water partition coefficient (Wildman–Crippen LogP) is 2.42. The SMILES string of the molecule is CCO[C@H]1C[C@H](O)C12CCN(c1nc(C(C)C)ns1)CC2. The predicted molar refractivity (Wildman–Crippen MR) is 83.9 cm³/mol. The summed E-state index contributed by atoms with van der Waals surface area (Å²) in [5.74, 6) is 1.31. The Kier molecular flexibility index (Phi) is 4.21. The number of aliphatic hydroxyl groups is 1. The number of aromatic nitrogens is 2. The quantitative estimate of drug-likeness (QED) is 0.925. The molecule has 0 aromatic carbocycles. The molecule has 0 amide bonds. The van der Waals surface area contributed by atoms with Gasteiger partial charge in [0, 0.05) is 49.0 Å². The van der Waals surface area contributed by atoms with Crippen LogP contribution in [0.3, 0.4) is 0 Å². The van der Waals surface area contributed by atoms with Gasteiger partial charge in [0.25, 0.3) is 0 Å². The second-order valence-corrected chi connectivity index (χ2v) is 7.24. The molecule has 1 N–H and O–H groups in total. The summed E-state index contributed by atoms with van der Waals surface area (Å²) in [6, 6.07) is 0. The molecule has 2 heterocycles. The third kappa shape index (κ3) is 2.58. The van der Waals surface area contributed by atoms with Crippen molar-refractivity contribution < 1.29 is 9.84 Å². The molecule has 1 saturated carbocycles. The summed E-state index contributed by atoms with van der Waals surface area (Å²) in [6.45, 7) is 8.88. The Balaban J connectivity index is 1.64. The monoisotopic (exact) mass is 311 g/mol. The molecular weight excluding hydrogens is 286 g/mol. The molecule has 0 unspecified atom stereocenters. The van der Waals surface area contributed by atoms with E-state index in [0.29, 0.717) is 5.92 Å². The van der Waals surface area contributed by atoms with Crippen LogP contribution in [-0.2, 0) is 4.74 Å². The number of hydrogen-bond donors (Lipinski definition) is 1. The fraction of sp³-hybridized carbons (Fsp3) is 0.867. The standard InChI is InChI=1S/C15H25N3O2S/c1-4-20-12-9-11(19)15(12)5-7-18(8-6-15)14-16-13(10(2)3)17-21-14/h10-12,19H,4-9H2,1-3H3/t11-,12-/m0/s1. The highest BCUT2D eigenvalue weighted by Crippen LogP contribution is 2.51. The van der Waals surface area contributed by atoms with Crippen LogP contribution in [0.4, 0.5) is 5.13 Å². The zero-order chi connectivity index (χ0) is 15.0. The van der Waals surface area contributed by atoms with Crippen LogP contribution in [-0.4, -0.2) is 46.4 Å². The van der Waals surface area contributed by atoms with Crippen molar-refractivity contribution in [3.05, 3.63) is 5.82 Å². The Bertz CT molecular complexity index is 481. The van der Waals surface area contributed by atoms with Crippen LogP contribution >= 0.6 is 11.5 Å². The lowest BCUT2D eigenvalue weighted by Gasteiger charge is -2.56. The maximum absolute atomic E-state index is 10.2. The average Bonchev–Trinajstić information content (AvgIpc) is 2.97. The average molecular weight is 311 g/mol. The molecule has 1 saturated heterocycles. The minimum atomic E-state index is -0.197. The van der Waals surface area contributed by atoms with E-state index in [0.717, 1.165) is 49.9 Å². The van der Waals surface area contributed by atoms with Gasteiger partial charge in [0.05, 0.1) is 12.2 Å². The van der Waals surface area contributed by atoms with Crippen molar-refractivity contribution in [3.63, 3.8) is 0 Å². The number of aliphatic hydroxyl groups excluding tert-OH is 1. The number of piperidine rings is 1. The van der Waals surface area contributed by atoms with Gasteiger partial charge in [-0.2, -0.15) is 4.37 Å². The molecule has 6 heteroatoms. The molecule has 1 aliphatic carbocycles. The van der Waals surface area contributed by atoms with Gasteiger partial charge in [-0.05, 0) is 19.8 Å².